The Morgan fingerprint density at radius 2 is 1.52 bits per heavy atom. The van der Waals surface area contributed by atoms with E-state index in [0.29, 0.717) is 26.2 Å². The van der Waals surface area contributed by atoms with E-state index in [-0.39, 0.29) is 18.4 Å². The molecule has 0 radical (unpaired) electrons. The maximum atomic E-state index is 12.5. The van der Waals surface area contributed by atoms with Crippen LogP contribution in [0.15, 0.2) is 18.2 Å². The van der Waals surface area contributed by atoms with E-state index in [9.17, 15) is 9.59 Å². The molecule has 0 unspecified atom stereocenters. The van der Waals surface area contributed by atoms with Crippen molar-refractivity contribution in [3.63, 3.8) is 0 Å². The van der Waals surface area contributed by atoms with Crippen LogP contribution in [0.2, 0.25) is 0 Å². The number of hydrogen-bond donors (Lipinski definition) is 0. The lowest BCUT2D eigenvalue weighted by atomic mass is 10.1. The van der Waals surface area contributed by atoms with Gasteiger partial charge in [-0.05, 0) is 26.0 Å². The number of nitrogens with zero attached hydrogens (tertiary/aromatic N) is 2. The van der Waals surface area contributed by atoms with Gasteiger partial charge in [0.1, 0.15) is 6.61 Å². The van der Waals surface area contributed by atoms with Gasteiger partial charge < -0.3 is 14.5 Å². The van der Waals surface area contributed by atoms with Gasteiger partial charge in [-0.2, -0.15) is 0 Å². The molecule has 1 saturated heterocycles. The van der Waals surface area contributed by atoms with E-state index in [1.165, 1.54) is 7.11 Å². The van der Waals surface area contributed by atoms with E-state index >= 15 is 0 Å². The van der Waals surface area contributed by atoms with E-state index < -0.39 is 0 Å². The summed E-state index contributed by atoms with van der Waals surface area (Å²) in [6.45, 7) is 6.36. The third-order valence-corrected chi connectivity index (χ3v) is 3.66. The fourth-order valence-electron chi connectivity index (χ4n) is 2.65. The van der Waals surface area contributed by atoms with Gasteiger partial charge in [-0.25, -0.2) is 0 Å². The zero-order chi connectivity index (χ0) is 15.4. The molecule has 1 aliphatic heterocycles. The molecule has 2 rings (SSSR count). The highest BCUT2D eigenvalue weighted by molar-refractivity contribution is 5.94. The zero-order valence-electron chi connectivity index (χ0n) is 12.9. The Balaban J connectivity index is 1.98. The fourth-order valence-corrected chi connectivity index (χ4v) is 2.65. The number of amides is 2. The highest BCUT2D eigenvalue weighted by Gasteiger charge is 2.24. The molecule has 1 heterocycles. The molecule has 1 aromatic carbocycles. The number of carbonyl (C=O) groups is 2. The van der Waals surface area contributed by atoms with Gasteiger partial charge in [-0.15, -0.1) is 0 Å². The number of piperazine rings is 1. The maximum Gasteiger partial charge on any atom is 0.253 e. The van der Waals surface area contributed by atoms with Crippen LogP contribution in [0.1, 0.15) is 21.5 Å². The van der Waals surface area contributed by atoms with E-state index in [2.05, 4.69) is 6.07 Å². The monoisotopic (exact) mass is 290 g/mol. The topological polar surface area (TPSA) is 49.9 Å². The van der Waals surface area contributed by atoms with Gasteiger partial charge in [0.05, 0.1) is 0 Å². The third-order valence-electron chi connectivity index (χ3n) is 3.66. The second-order valence-electron chi connectivity index (χ2n) is 5.48. The van der Waals surface area contributed by atoms with E-state index in [4.69, 9.17) is 4.74 Å². The van der Waals surface area contributed by atoms with E-state index in [0.717, 1.165) is 16.7 Å². The van der Waals surface area contributed by atoms with Crippen molar-refractivity contribution in [3.05, 3.63) is 34.9 Å². The number of benzene rings is 1. The van der Waals surface area contributed by atoms with E-state index in [1.807, 2.05) is 30.9 Å². The highest BCUT2D eigenvalue weighted by atomic mass is 16.5. The van der Waals surface area contributed by atoms with Crippen molar-refractivity contribution in [2.24, 2.45) is 0 Å². The number of carbonyl (C=O) groups excluding carboxylic acids is 2. The first-order chi connectivity index (χ1) is 10.0. The molecule has 0 spiro atoms. The minimum Gasteiger partial charge on any atom is -0.375 e. The summed E-state index contributed by atoms with van der Waals surface area (Å²) in [5.74, 6) is 0.0247. The van der Waals surface area contributed by atoms with Crippen LogP contribution in [-0.2, 0) is 9.53 Å². The summed E-state index contributed by atoms with van der Waals surface area (Å²) in [5, 5.41) is 0. The van der Waals surface area contributed by atoms with Crippen LogP contribution in [0.4, 0.5) is 0 Å². The summed E-state index contributed by atoms with van der Waals surface area (Å²) >= 11 is 0. The first-order valence-corrected chi connectivity index (χ1v) is 7.15. The molecular formula is C16H22N2O3. The molecule has 21 heavy (non-hydrogen) atoms. The predicted octanol–water partition coefficient (Wildman–Crippen LogP) is 1.23. The van der Waals surface area contributed by atoms with Crippen molar-refractivity contribution in [1.29, 1.82) is 0 Å². The Morgan fingerprint density at radius 3 is 2.05 bits per heavy atom. The van der Waals surface area contributed by atoms with Crippen molar-refractivity contribution in [3.8, 4) is 0 Å². The van der Waals surface area contributed by atoms with Crippen molar-refractivity contribution < 1.29 is 14.3 Å². The quantitative estimate of drug-likeness (QED) is 0.841. The molecule has 0 N–H and O–H groups in total. The van der Waals surface area contributed by atoms with Gasteiger partial charge in [0.2, 0.25) is 5.91 Å². The van der Waals surface area contributed by atoms with Crippen LogP contribution in [0.25, 0.3) is 0 Å². The van der Waals surface area contributed by atoms with Crippen LogP contribution in [-0.4, -0.2) is 61.5 Å². The van der Waals surface area contributed by atoms with Crippen molar-refractivity contribution >= 4 is 11.8 Å². The molecule has 0 aromatic heterocycles. The number of ether oxygens (including phenoxy) is 1. The summed E-state index contributed by atoms with van der Waals surface area (Å²) in [6.07, 6.45) is 0. The van der Waals surface area contributed by atoms with Gasteiger partial charge in [0, 0.05) is 38.9 Å². The van der Waals surface area contributed by atoms with Crippen LogP contribution >= 0.6 is 0 Å². The van der Waals surface area contributed by atoms with Gasteiger partial charge in [-0.1, -0.05) is 17.2 Å². The third kappa shape index (κ3) is 3.82. The minimum atomic E-state index is -0.0176. The number of methoxy groups -OCH3 is 1. The second kappa shape index (κ2) is 6.72. The largest absolute Gasteiger partial charge is 0.375 e. The molecule has 0 saturated carbocycles. The summed E-state index contributed by atoms with van der Waals surface area (Å²) in [4.78, 5) is 27.8. The molecule has 0 bridgehead atoms. The van der Waals surface area contributed by atoms with Gasteiger partial charge in [0.25, 0.3) is 5.91 Å². The SMILES string of the molecule is COCC(=O)N1CCN(C(=O)c2cc(C)cc(C)c2)CC1. The maximum absolute atomic E-state index is 12.5. The lowest BCUT2D eigenvalue weighted by molar-refractivity contribution is -0.136. The van der Waals surface area contributed by atoms with Crippen LogP contribution in [0, 0.1) is 13.8 Å². The van der Waals surface area contributed by atoms with Gasteiger partial charge in [0.15, 0.2) is 0 Å². The summed E-state index contributed by atoms with van der Waals surface area (Å²) in [5.41, 5.74) is 2.91. The van der Waals surface area contributed by atoms with Crippen molar-refractivity contribution in [2.75, 3.05) is 39.9 Å². The lowest BCUT2D eigenvalue weighted by Gasteiger charge is -2.34. The molecule has 1 aliphatic rings. The first kappa shape index (κ1) is 15.5. The molecule has 5 heteroatoms. The minimum absolute atomic E-state index is 0.0176. The molecule has 114 valence electrons. The van der Waals surface area contributed by atoms with Crippen LogP contribution in [0.5, 0.6) is 0 Å². The molecule has 0 aliphatic carbocycles. The average Bonchev–Trinajstić information content (AvgIpc) is 2.46. The summed E-state index contributed by atoms with van der Waals surface area (Å²) in [7, 11) is 1.51. The zero-order valence-corrected chi connectivity index (χ0v) is 12.9. The average molecular weight is 290 g/mol. The predicted molar refractivity (Wildman–Crippen MR) is 80.3 cm³/mol. The Morgan fingerprint density at radius 1 is 1.00 bits per heavy atom. The standard InChI is InChI=1S/C16H22N2O3/c1-12-8-13(2)10-14(9-12)16(20)18-6-4-17(5-7-18)15(19)11-21-3/h8-10H,4-7,11H2,1-3H3. The smallest absolute Gasteiger partial charge is 0.253 e. The molecular weight excluding hydrogens is 268 g/mol. The Bertz CT molecular complexity index is 514. The van der Waals surface area contributed by atoms with Crippen LogP contribution < -0.4 is 0 Å². The molecule has 0 atom stereocenters. The van der Waals surface area contributed by atoms with Gasteiger partial charge >= 0.3 is 0 Å². The number of hydrogen-bond acceptors (Lipinski definition) is 3. The Kier molecular flexibility index (Phi) is 4.96. The normalized spacial score (nSPS) is 15.2. The molecule has 1 aromatic rings. The van der Waals surface area contributed by atoms with Crippen molar-refractivity contribution in [1.82, 2.24) is 9.80 Å². The lowest BCUT2D eigenvalue weighted by Crippen LogP contribution is -2.51. The highest BCUT2D eigenvalue weighted by Crippen LogP contribution is 2.13. The Labute approximate surface area is 125 Å². The van der Waals surface area contributed by atoms with Gasteiger partial charge in [-0.3, -0.25) is 9.59 Å². The first-order valence-electron chi connectivity index (χ1n) is 7.15. The molecule has 5 nitrogen and oxygen atoms in total. The van der Waals surface area contributed by atoms with Crippen molar-refractivity contribution in [2.45, 2.75) is 13.8 Å². The van der Waals surface area contributed by atoms with Crippen LogP contribution in [0.3, 0.4) is 0 Å². The Hall–Kier alpha value is -1.88. The number of aryl methyl sites for hydroxylation is 2. The number of rotatable bonds is 3. The van der Waals surface area contributed by atoms with E-state index in [1.54, 1.807) is 4.90 Å². The summed E-state index contributed by atoms with van der Waals surface area (Å²) < 4.78 is 4.86. The molecule has 2 amide bonds. The fraction of sp³-hybridized carbons (Fsp3) is 0.500. The summed E-state index contributed by atoms with van der Waals surface area (Å²) in [6, 6.07) is 5.88. The second-order valence-corrected chi connectivity index (χ2v) is 5.48. The molecule has 1 fully saturated rings.